The van der Waals surface area contributed by atoms with Crippen LogP contribution in [0.25, 0.3) is 42.1 Å². The van der Waals surface area contributed by atoms with Crippen LogP contribution >= 0.6 is 11.3 Å². The minimum absolute atomic E-state index is 0.109. The molecular weight excluding hydrogens is 591 g/mol. The molecule has 218 valence electrons. The molecule has 0 radical (unpaired) electrons. The third-order valence-electron chi connectivity index (χ3n) is 10.0. The van der Waals surface area contributed by atoms with Crippen LogP contribution in [0.3, 0.4) is 0 Å². The Kier molecular flexibility index (Phi) is 5.07. The molecule has 0 spiro atoms. The summed E-state index contributed by atoms with van der Waals surface area (Å²) in [5, 5.41) is 4.88. The van der Waals surface area contributed by atoms with Crippen LogP contribution in [0.4, 0.5) is 34.1 Å². The van der Waals surface area contributed by atoms with Crippen molar-refractivity contribution < 1.29 is 4.42 Å². The van der Waals surface area contributed by atoms with Gasteiger partial charge in [-0.2, -0.15) is 0 Å². The predicted molar refractivity (Wildman–Crippen MR) is 201 cm³/mol. The van der Waals surface area contributed by atoms with E-state index in [1.54, 1.807) is 0 Å². The first-order chi connectivity index (χ1) is 23.3. The molecule has 5 heteroatoms. The molecule has 0 saturated heterocycles. The lowest BCUT2D eigenvalue weighted by atomic mass is 9.33. The van der Waals surface area contributed by atoms with E-state index in [-0.39, 0.29) is 6.71 Å². The molecule has 0 saturated carbocycles. The second-order valence-corrected chi connectivity index (χ2v) is 13.5. The van der Waals surface area contributed by atoms with E-state index < -0.39 is 0 Å². The topological polar surface area (TPSA) is 19.6 Å². The number of anilines is 6. The van der Waals surface area contributed by atoms with E-state index in [0.717, 1.165) is 27.6 Å². The lowest BCUT2D eigenvalue weighted by molar-refractivity contribution is 0.669. The summed E-state index contributed by atoms with van der Waals surface area (Å²) in [6.45, 7) is 0.109. The molecule has 3 nitrogen and oxygen atoms in total. The Labute approximate surface area is 275 Å². The maximum absolute atomic E-state index is 6.23. The highest BCUT2D eigenvalue weighted by atomic mass is 32.1. The molecular formula is C42H25BN2OS. The van der Waals surface area contributed by atoms with Gasteiger partial charge in [-0.25, -0.2) is 0 Å². The van der Waals surface area contributed by atoms with Crippen LogP contribution in [0, 0.1) is 0 Å². The molecule has 7 aromatic carbocycles. The van der Waals surface area contributed by atoms with Gasteiger partial charge < -0.3 is 14.2 Å². The molecule has 0 fully saturated rings. The maximum Gasteiger partial charge on any atom is 0.252 e. The van der Waals surface area contributed by atoms with Gasteiger partial charge in [0, 0.05) is 59.4 Å². The van der Waals surface area contributed by atoms with E-state index >= 15 is 0 Å². The van der Waals surface area contributed by atoms with Crippen molar-refractivity contribution in [1.29, 1.82) is 0 Å². The molecule has 0 atom stereocenters. The van der Waals surface area contributed by atoms with E-state index in [1.807, 2.05) is 23.5 Å². The summed E-state index contributed by atoms with van der Waals surface area (Å²) in [5.74, 6) is 0. The second kappa shape index (κ2) is 9.38. The SMILES string of the molecule is c1ccc2c(c1)B1c3ccccc3N(c3cccc4sc5ccccc5c34)c3cccc(c31)N2c1ccc2oc3ccccc3c2c1. The fourth-order valence-corrected chi connectivity index (χ4v) is 9.30. The molecule has 0 amide bonds. The van der Waals surface area contributed by atoms with Gasteiger partial charge in [0.1, 0.15) is 11.2 Å². The van der Waals surface area contributed by atoms with Crippen molar-refractivity contribution in [3.8, 4) is 0 Å². The predicted octanol–water partition coefficient (Wildman–Crippen LogP) is 10.0. The highest BCUT2D eigenvalue weighted by Crippen LogP contribution is 2.48. The summed E-state index contributed by atoms with van der Waals surface area (Å²) in [6.07, 6.45) is 0. The molecule has 2 aliphatic rings. The first-order valence-corrected chi connectivity index (χ1v) is 16.9. The van der Waals surface area contributed by atoms with Crippen molar-refractivity contribution in [1.82, 2.24) is 0 Å². The number of hydrogen-bond donors (Lipinski definition) is 0. The lowest BCUT2D eigenvalue weighted by Gasteiger charge is -2.44. The van der Waals surface area contributed by atoms with Crippen LogP contribution in [0.15, 0.2) is 156 Å². The van der Waals surface area contributed by atoms with Gasteiger partial charge in [-0.1, -0.05) is 84.9 Å². The highest BCUT2D eigenvalue weighted by Gasteiger charge is 2.43. The van der Waals surface area contributed by atoms with Crippen LogP contribution in [0.5, 0.6) is 0 Å². The Balaban J connectivity index is 1.21. The quantitative estimate of drug-likeness (QED) is 0.180. The second-order valence-electron chi connectivity index (χ2n) is 12.5. The minimum Gasteiger partial charge on any atom is -0.456 e. The van der Waals surface area contributed by atoms with Gasteiger partial charge in [0.2, 0.25) is 0 Å². The van der Waals surface area contributed by atoms with Crippen LogP contribution in [0.1, 0.15) is 0 Å². The van der Waals surface area contributed by atoms with Gasteiger partial charge in [-0.15, -0.1) is 11.3 Å². The Hall–Kier alpha value is -5.78. The third kappa shape index (κ3) is 3.41. The van der Waals surface area contributed by atoms with Gasteiger partial charge in [0.25, 0.3) is 6.71 Å². The van der Waals surface area contributed by atoms with Gasteiger partial charge in [0.05, 0.1) is 5.69 Å². The highest BCUT2D eigenvalue weighted by molar-refractivity contribution is 7.26. The van der Waals surface area contributed by atoms with Crippen LogP contribution in [-0.2, 0) is 0 Å². The molecule has 4 heterocycles. The molecule has 9 aromatic rings. The Morgan fingerprint density at radius 3 is 1.89 bits per heavy atom. The first kappa shape index (κ1) is 25.4. The largest absolute Gasteiger partial charge is 0.456 e. The molecule has 2 aromatic heterocycles. The number of fused-ring (bicyclic) bond motifs is 10. The maximum atomic E-state index is 6.23. The monoisotopic (exact) mass is 616 g/mol. The van der Waals surface area contributed by atoms with Gasteiger partial charge in [-0.05, 0) is 83.1 Å². The van der Waals surface area contributed by atoms with Crippen molar-refractivity contribution in [2.45, 2.75) is 0 Å². The average molecular weight is 617 g/mol. The number of rotatable bonds is 2. The van der Waals surface area contributed by atoms with Gasteiger partial charge in [0.15, 0.2) is 0 Å². The minimum atomic E-state index is 0.109. The number of thiophene rings is 1. The number of benzene rings is 7. The van der Waals surface area contributed by atoms with Gasteiger partial charge >= 0.3 is 0 Å². The molecule has 47 heavy (non-hydrogen) atoms. The number of furan rings is 1. The van der Waals surface area contributed by atoms with Crippen molar-refractivity contribution in [3.05, 3.63) is 152 Å². The number of hydrogen-bond acceptors (Lipinski definition) is 4. The Morgan fingerprint density at radius 2 is 1.04 bits per heavy atom. The summed E-state index contributed by atoms with van der Waals surface area (Å²) >= 11 is 1.87. The van der Waals surface area contributed by atoms with E-state index in [2.05, 4.69) is 149 Å². The summed E-state index contributed by atoms with van der Waals surface area (Å²) in [6, 6.07) is 55.3. The standard InChI is InChI=1S/C42H25BN2OS/c1-7-20-37-27(11-1)29-25-26(23-24-38(29)46-37)44-32-15-5-3-13-30(32)43-31-14-4-6-16-33(31)45(36-19-9-18-35(44)42(36)43)34-17-10-22-40-41(34)28-12-2-8-21-39(28)47-40/h1-25H. The van der Waals surface area contributed by atoms with Crippen molar-refractivity contribution in [2.75, 3.05) is 9.80 Å². The first-order valence-electron chi connectivity index (χ1n) is 16.1. The van der Waals surface area contributed by atoms with Crippen molar-refractivity contribution in [3.63, 3.8) is 0 Å². The number of nitrogens with zero attached hydrogens (tertiary/aromatic N) is 2. The number of para-hydroxylation sites is 3. The average Bonchev–Trinajstić information content (AvgIpc) is 3.70. The Bertz CT molecular complexity index is 2740. The molecule has 0 aliphatic carbocycles. The van der Waals surface area contributed by atoms with Crippen LogP contribution in [-0.4, -0.2) is 6.71 Å². The summed E-state index contributed by atoms with van der Waals surface area (Å²) in [7, 11) is 0. The van der Waals surface area contributed by atoms with E-state index in [9.17, 15) is 0 Å². The molecule has 0 N–H and O–H groups in total. The zero-order chi connectivity index (χ0) is 30.6. The van der Waals surface area contributed by atoms with Crippen molar-refractivity contribution in [2.24, 2.45) is 0 Å². The third-order valence-corrected chi connectivity index (χ3v) is 11.2. The lowest BCUT2D eigenvalue weighted by Crippen LogP contribution is -2.61. The zero-order valence-electron chi connectivity index (χ0n) is 25.2. The molecule has 11 rings (SSSR count). The van der Waals surface area contributed by atoms with Crippen LogP contribution < -0.4 is 26.2 Å². The van der Waals surface area contributed by atoms with Crippen LogP contribution in [0.2, 0.25) is 0 Å². The molecule has 0 unspecified atom stereocenters. The summed E-state index contributed by atoms with van der Waals surface area (Å²) in [4.78, 5) is 4.98. The van der Waals surface area contributed by atoms with E-state index in [1.165, 1.54) is 65.0 Å². The van der Waals surface area contributed by atoms with E-state index in [4.69, 9.17) is 4.42 Å². The summed E-state index contributed by atoms with van der Waals surface area (Å²) in [5.41, 5.74) is 13.0. The molecule has 2 aliphatic heterocycles. The van der Waals surface area contributed by atoms with Crippen molar-refractivity contribution >= 4 is 111 Å². The normalized spacial score (nSPS) is 13.4. The smallest absolute Gasteiger partial charge is 0.252 e. The zero-order valence-corrected chi connectivity index (χ0v) is 26.0. The fourth-order valence-electron chi connectivity index (χ4n) is 8.17. The summed E-state index contributed by atoms with van der Waals surface area (Å²) < 4.78 is 8.85. The molecule has 0 bridgehead atoms. The van der Waals surface area contributed by atoms with E-state index in [0.29, 0.717) is 0 Å². The van der Waals surface area contributed by atoms with Gasteiger partial charge in [-0.3, -0.25) is 0 Å². The Morgan fingerprint density at radius 1 is 0.447 bits per heavy atom. The fraction of sp³-hybridized carbons (Fsp3) is 0.